The Morgan fingerprint density at radius 2 is 1.95 bits per heavy atom. The molecule has 0 radical (unpaired) electrons. The molecule has 0 saturated heterocycles. The fraction of sp³-hybridized carbons (Fsp3) is 0.333. The van der Waals surface area contributed by atoms with Gasteiger partial charge in [-0.25, -0.2) is 8.42 Å². The maximum Gasteiger partial charge on any atom is 0.242 e. The number of aromatic nitrogens is 1. The van der Waals surface area contributed by atoms with Crippen LogP contribution in [0.5, 0.6) is 0 Å². The van der Waals surface area contributed by atoms with Crippen LogP contribution in [0.2, 0.25) is 0 Å². The monoisotopic (exact) mass is 307 g/mol. The number of benzene rings is 1. The van der Waals surface area contributed by atoms with E-state index >= 15 is 0 Å². The highest BCUT2D eigenvalue weighted by Crippen LogP contribution is 2.22. The minimum atomic E-state index is -2.97. The number of aldehydes is 1. The van der Waals surface area contributed by atoms with Gasteiger partial charge in [0.25, 0.3) is 0 Å². The van der Waals surface area contributed by atoms with Crippen LogP contribution in [-0.4, -0.2) is 37.1 Å². The number of sulfone groups is 1. The predicted octanol–water partition coefficient (Wildman–Crippen LogP) is 1.85. The Hall–Kier alpha value is -1.95. The molecular weight excluding hydrogens is 290 g/mol. The number of Topliss-reactive ketones (excluding diaryl/α,β-unsaturated/α-hetero) is 1. The molecule has 0 amide bonds. The van der Waals surface area contributed by atoms with Gasteiger partial charge in [0.05, 0.1) is 0 Å². The molecule has 1 aromatic carbocycles. The van der Waals surface area contributed by atoms with Crippen LogP contribution < -0.4 is 0 Å². The summed E-state index contributed by atoms with van der Waals surface area (Å²) in [6.07, 6.45) is 4.51. The number of fused-ring (bicyclic) bond motifs is 1. The molecule has 0 aliphatic rings. The van der Waals surface area contributed by atoms with E-state index in [1.165, 1.54) is 6.26 Å². The van der Waals surface area contributed by atoms with E-state index in [1.54, 1.807) is 10.6 Å². The van der Waals surface area contributed by atoms with Crippen molar-refractivity contribution < 1.29 is 18.0 Å². The predicted molar refractivity (Wildman–Crippen MR) is 81.3 cm³/mol. The summed E-state index contributed by atoms with van der Waals surface area (Å²) in [5.41, 5.74) is 0.375. The van der Waals surface area contributed by atoms with E-state index in [1.807, 2.05) is 24.4 Å². The second kappa shape index (κ2) is 6.22. The van der Waals surface area contributed by atoms with E-state index in [9.17, 15) is 18.0 Å². The standard InChI is InChI=1S/C15H17NO4S/c1-21(19,20)9-5-4-8-16-10-12-6-2-3-7-13(12)15(16)14(18)11-17/h2-3,6-7,10-11H,4-5,8-9H2,1H3. The highest BCUT2D eigenvalue weighted by Gasteiger charge is 2.15. The van der Waals surface area contributed by atoms with Crippen LogP contribution in [0.3, 0.4) is 0 Å². The first-order valence-corrected chi connectivity index (χ1v) is 8.73. The number of rotatable bonds is 7. The van der Waals surface area contributed by atoms with E-state index in [0.29, 0.717) is 31.4 Å². The Bertz CT molecular complexity index is 774. The molecule has 2 rings (SSSR count). The summed E-state index contributed by atoms with van der Waals surface area (Å²) >= 11 is 0. The van der Waals surface area contributed by atoms with Crippen molar-refractivity contribution in [3.8, 4) is 0 Å². The lowest BCUT2D eigenvalue weighted by Gasteiger charge is -2.06. The second-order valence-corrected chi connectivity index (χ2v) is 7.34. The number of nitrogens with zero attached hydrogens (tertiary/aromatic N) is 1. The Kier molecular flexibility index (Phi) is 4.57. The first-order chi connectivity index (χ1) is 9.92. The number of hydrogen-bond acceptors (Lipinski definition) is 4. The number of hydrogen-bond donors (Lipinski definition) is 0. The van der Waals surface area contributed by atoms with Gasteiger partial charge in [-0.3, -0.25) is 9.59 Å². The summed E-state index contributed by atoms with van der Waals surface area (Å²) < 4.78 is 23.9. The summed E-state index contributed by atoms with van der Waals surface area (Å²) in [5, 5.41) is 1.64. The molecule has 5 nitrogen and oxygen atoms in total. The highest BCUT2D eigenvalue weighted by molar-refractivity contribution is 7.90. The van der Waals surface area contributed by atoms with Crippen LogP contribution in [0.1, 0.15) is 23.3 Å². The van der Waals surface area contributed by atoms with Crippen molar-refractivity contribution in [3.63, 3.8) is 0 Å². The van der Waals surface area contributed by atoms with Crippen LogP contribution >= 0.6 is 0 Å². The van der Waals surface area contributed by atoms with Crippen LogP contribution in [0.25, 0.3) is 10.8 Å². The lowest BCUT2D eigenvalue weighted by molar-refractivity contribution is -0.104. The van der Waals surface area contributed by atoms with Crippen LogP contribution in [-0.2, 0) is 21.2 Å². The van der Waals surface area contributed by atoms with E-state index in [4.69, 9.17) is 0 Å². The Morgan fingerprint density at radius 1 is 1.24 bits per heavy atom. The minimum absolute atomic E-state index is 0.130. The van der Waals surface area contributed by atoms with Crippen molar-refractivity contribution in [1.29, 1.82) is 0 Å². The molecule has 21 heavy (non-hydrogen) atoms. The molecule has 6 heteroatoms. The van der Waals surface area contributed by atoms with Gasteiger partial charge in [-0.2, -0.15) is 0 Å². The summed E-state index contributed by atoms with van der Waals surface area (Å²) in [6.45, 7) is 0.513. The van der Waals surface area contributed by atoms with Crippen molar-refractivity contribution in [1.82, 2.24) is 4.57 Å². The zero-order valence-corrected chi connectivity index (χ0v) is 12.6. The first kappa shape index (κ1) is 15.4. The molecule has 2 aromatic rings. The lowest BCUT2D eigenvalue weighted by atomic mass is 10.1. The normalized spacial score (nSPS) is 11.7. The van der Waals surface area contributed by atoms with Gasteiger partial charge in [-0.05, 0) is 12.8 Å². The van der Waals surface area contributed by atoms with E-state index in [0.717, 1.165) is 10.8 Å². The molecule has 112 valence electrons. The second-order valence-electron chi connectivity index (χ2n) is 5.08. The van der Waals surface area contributed by atoms with E-state index in [2.05, 4.69) is 0 Å². The Labute approximate surface area is 123 Å². The van der Waals surface area contributed by atoms with E-state index in [-0.39, 0.29) is 5.75 Å². The molecule has 0 aliphatic heterocycles. The molecule has 0 unspecified atom stereocenters. The van der Waals surface area contributed by atoms with Gasteiger partial charge >= 0.3 is 0 Å². The molecular formula is C15H17NO4S. The first-order valence-electron chi connectivity index (χ1n) is 6.67. The minimum Gasteiger partial charge on any atom is -0.344 e. The fourth-order valence-corrected chi connectivity index (χ4v) is 3.09. The van der Waals surface area contributed by atoms with Gasteiger partial charge in [0, 0.05) is 35.5 Å². The molecule has 0 atom stereocenters. The molecule has 0 fully saturated rings. The fourth-order valence-electron chi connectivity index (χ4n) is 2.37. The number of ketones is 1. The summed E-state index contributed by atoms with van der Waals surface area (Å²) in [4.78, 5) is 22.6. The third-order valence-electron chi connectivity index (χ3n) is 3.30. The van der Waals surface area contributed by atoms with E-state index < -0.39 is 15.6 Å². The Morgan fingerprint density at radius 3 is 2.62 bits per heavy atom. The summed E-state index contributed by atoms with van der Waals surface area (Å²) in [5.74, 6) is -0.426. The third kappa shape index (κ3) is 3.78. The molecule has 1 aromatic heterocycles. The molecule has 0 bridgehead atoms. The van der Waals surface area contributed by atoms with Crippen molar-refractivity contribution in [3.05, 3.63) is 36.2 Å². The van der Waals surface area contributed by atoms with Crippen molar-refractivity contribution >= 4 is 32.7 Å². The number of aryl methyl sites for hydroxylation is 1. The van der Waals surface area contributed by atoms with Gasteiger partial charge in [0.2, 0.25) is 5.78 Å². The quantitative estimate of drug-likeness (QED) is 0.339. The van der Waals surface area contributed by atoms with Gasteiger partial charge in [0.1, 0.15) is 15.5 Å². The molecule has 0 N–H and O–H groups in total. The van der Waals surface area contributed by atoms with Crippen LogP contribution in [0, 0.1) is 0 Å². The molecule has 0 spiro atoms. The SMILES string of the molecule is CS(=O)(=O)CCCCn1cc2ccccc2c1C(=O)C=O. The van der Waals surface area contributed by atoms with Gasteiger partial charge in [-0.1, -0.05) is 24.3 Å². The number of carbonyl (C=O) groups is 2. The zero-order chi connectivity index (χ0) is 15.5. The van der Waals surface area contributed by atoms with Crippen molar-refractivity contribution in [2.75, 3.05) is 12.0 Å². The van der Waals surface area contributed by atoms with Crippen molar-refractivity contribution in [2.24, 2.45) is 0 Å². The van der Waals surface area contributed by atoms with Gasteiger partial charge in [-0.15, -0.1) is 0 Å². The smallest absolute Gasteiger partial charge is 0.242 e. The number of unbranched alkanes of at least 4 members (excludes halogenated alkanes) is 1. The van der Waals surface area contributed by atoms with Crippen LogP contribution in [0.4, 0.5) is 0 Å². The average molecular weight is 307 g/mol. The number of carbonyl (C=O) groups excluding carboxylic acids is 2. The molecule has 1 heterocycles. The largest absolute Gasteiger partial charge is 0.344 e. The zero-order valence-electron chi connectivity index (χ0n) is 11.8. The van der Waals surface area contributed by atoms with Gasteiger partial charge in [0.15, 0.2) is 6.29 Å². The molecule has 0 aliphatic carbocycles. The highest BCUT2D eigenvalue weighted by atomic mass is 32.2. The van der Waals surface area contributed by atoms with Gasteiger partial charge < -0.3 is 4.57 Å². The Balaban J connectivity index is 2.22. The van der Waals surface area contributed by atoms with Crippen molar-refractivity contribution in [2.45, 2.75) is 19.4 Å². The maximum absolute atomic E-state index is 11.8. The lowest BCUT2D eigenvalue weighted by Crippen LogP contribution is -2.11. The third-order valence-corrected chi connectivity index (χ3v) is 4.33. The summed E-state index contributed by atoms with van der Waals surface area (Å²) in [6, 6.07) is 7.37. The van der Waals surface area contributed by atoms with Crippen LogP contribution in [0.15, 0.2) is 30.5 Å². The summed E-state index contributed by atoms with van der Waals surface area (Å²) in [7, 11) is -2.97. The topological polar surface area (TPSA) is 73.2 Å². The average Bonchev–Trinajstić information content (AvgIpc) is 2.80. The maximum atomic E-state index is 11.8. The molecule has 0 saturated carbocycles.